The lowest BCUT2D eigenvalue weighted by Crippen LogP contribution is -2.44. The molecular formula is C14H16N4O2. The zero-order valence-corrected chi connectivity index (χ0v) is 11.3. The Bertz CT molecular complexity index is 560. The highest BCUT2D eigenvalue weighted by Gasteiger charge is 2.28. The third-order valence-electron chi connectivity index (χ3n) is 3.57. The molecule has 1 aromatic rings. The lowest BCUT2D eigenvalue weighted by molar-refractivity contribution is 0.0723. The first-order chi connectivity index (χ1) is 9.69. The van der Waals surface area contributed by atoms with Crippen molar-refractivity contribution in [2.75, 3.05) is 13.1 Å². The molecule has 20 heavy (non-hydrogen) atoms. The van der Waals surface area contributed by atoms with E-state index >= 15 is 0 Å². The van der Waals surface area contributed by atoms with Crippen molar-refractivity contribution in [2.45, 2.75) is 19.8 Å². The highest BCUT2D eigenvalue weighted by molar-refractivity contribution is 5.95. The number of aromatic nitrogens is 1. The predicted molar refractivity (Wildman–Crippen MR) is 72.5 cm³/mol. The lowest BCUT2D eigenvalue weighted by Gasteiger charge is -2.32. The number of carbonyl (C=O) groups excluding carboxylic acids is 1. The third kappa shape index (κ3) is 2.77. The molecule has 1 unspecified atom stereocenters. The number of hydrogen-bond acceptors (Lipinski definition) is 5. The molecule has 0 aliphatic carbocycles. The quantitative estimate of drug-likeness (QED) is 0.654. The molecule has 1 atom stereocenters. The van der Waals surface area contributed by atoms with Crippen LogP contribution in [0.15, 0.2) is 23.5 Å². The van der Waals surface area contributed by atoms with E-state index in [2.05, 4.69) is 10.1 Å². The number of nitrogens with zero attached hydrogens (tertiary/aromatic N) is 4. The molecule has 1 aromatic heterocycles. The Labute approximate surface area is 117 Å². The summed E-state index contributed by atoms with van der Waals surface area (Å²) in [6.07, 6.45) is 2.80. The number of likely N-dealkylation sites (tertiary alicyclic amines) is 1. The molecule has 2 heterocycles. The van der Waals surface area contributed by atoms with Gasteiger partial charge in [-0.2, -0.15) is 5.26 Å². The minimum atomic E-state index is -0.148. The molecule has 1 saturated heterocycles. The van der Waals surface area contributed by atoms with Crippen molar-refractivity contribution in [3.63, 3.8) is 0 Å². The second-order valence-electron chi connectivity index (χ2n) is 4.74. The maximum Gasteiger partial charge on any atom is 0.272 e. The van der Waals surface area contributed by atoms with Crippen molar-refractivity contribution in [3.05, 3.63) is 29.6 Å². The normalized spacial score (nSPS) is 20.7. The zero-order chi connectivity index (χ0) is 14.5. The summed E-state index contributed by atoms with van der Waals surface area (Å²) in [6, 6.07) is 5.12. The number of oxime groups is 1. The molecule has 1 amide bonds. The molecule has 0 radical (unpaired) electrons. The minimum absolute atomic E-state index is 0.0936. The van der Waals surface area contributed by atoms with Gasteiger partial charge in [0.25, 0.3) is 5.91 Å². The van der Waals surface area contributed by atoms with Crippen LogP contribution in [0.5, 0.6) is 0 Å². The van der Waals surface area contributed by atoms with Crippen LogP contribution in [0.4, 0.5) is 0 Å². The van der Waals surface area contributed by atoms with Gasteiger partial charge in [-0.15, -0.1) is 0 Å². The Hall–Kier alpha value is -2.42. The van der Waals surface area contributed by atoms with Gasteiger partial charge in [0.05, 0.1) is 11.3 Å². The molecule has 1 fully saturated rings. The van der Waals surface area contributed by atoms with Crippen molar-refractivity contribution in [1.82, 2.24) is 9.88 Å². The van der Waals surface area contributed by atoms with Crippen LogP contribution in [0.3, 0.4) is 0 Å². The van der Waals surface area contributed by atoms with Crippen molar-refractivity contribution in [3.8, 4) is 6.07 Å². The van der Waals surface area contributed by atoms with Crippen LogP contribution in [-0.4, -0.2) is 39.8 Å². The Morgan fingerprint density at radius 3 is 3.00 bits per heavy atom. The van der Waals surface area contributed by atoms with Gasteiger partial charge in [0.2, 0.25) is 0 Å². The van der Waals surface area contributed by atoms with Crippen LogP contribution in [-0.2, 0) is 0 Å². The number of hydrogen-bond donors (Lipinski definition) is 1. The summed E-state index contributed by atoms with van der Waals surface area (Å²) >= 11 is 0. The summed E-state index contributed by atoms with van der Waals surface area (Å²) in [5.74, 6) is -0.0546. The first-order valence-electron chi connectivity index (χ1n) is 6.55. The average molecular weight is 272 g/mol. The van der Waals surface area contributed by atoms with E-state index in [0.717, 1.165) is 12.1 Å². The number of nitriles is 1. The monoisotopic (exact) mass is 272 g/mol. The average Bonchev–Trinajstić information content (AvgIpc) is 2.53. The fourth-order valence-corrected chi connectivity index (χ4v) is 2.35. The molecule has 6 nitrogen and oxygen atoms in total. The number of piperidine rings is 1. The number of pyridine rings is 1. The van der Waals surface area contributed by atoms with E-state index in [1.54, 1.807) is 17.0 Å². The maximum absolute atomic E-state index is 12.3. The Balaban J connectivity index is 2.11. The first-order valence-corrected chi connectivity index (χ1v) is 6.55. The van der Waals surface area contributed by atoms with Crippen molar-refractivity contribution >= 4 is 11.6 Å². The Kier molecular flexibility index (Phi) is 4.31. The van der Waals surface area contributed by atoms with Gasteiger partial charge in [-0.1, -0.05) is 12.1 Å². The van der Waals surface area contributed by atoms with E-state index in [-0.39, 0.29) is 11.8 Å². The molecule has 1 N–H and O–H groups in total. The lowest BCUT2D eigenvalue weighted by atomic mass is 9.93. The van der Waals surface area contributed by atoms with Gasteiger partial charge in [-0.05, 0) is 18.6 Å². The molecule has 2 rings (SSSR count). The van der Waals surface area contributed by atoms with Gasteiger partial charge in [-0.3, -0.25) is 4.79 Å². The largest absolute Gasteiger partial charge is 0.411 e. The minimum Gasteiger partial charge on any atom is -0.411 e. The van der Waals surface area contributed by atoms with Crippen LogP contribution < -0.4 is 0 Å². The summed E-state index contributed by atoms with van der Waals surface area (Å²) in [6.45, 7) is 3.07. The van der Waals surface area contributed by atoms with E-state index in [9.17, 15) is 4.79 Å². The SMILES string of the molecule is CCC1CN(C(=O)c2ccc(C#N)cn2)CC/C1=N\O. The Morgan fingerprint density at radius 2 is 2.45 bits per heavy atom. The first kappa shape index (κ1) is 14.0. The fourth-order valence-electron chi connectivity index (χ4n) is 2.35. The van der Waals surface area contributed by atoms with Crippen molar-refractivity contribution in [2.24, 2.45) is 11.1 Å². The van der Waals surface area contributed by atoms with Crippen LogP contribution in [0, 0.1) is 17.2 Å². The van der Waals surface area contributed by atoms with E-state index in [1.165, 1.54) is 6.20 Å². The van der Waals surface area contributed by atoms with Crippen molar-refractivity contribution < 1.29 is 10.0 Å². The van der Waals surface area contributed by atoms with Gasteiger partial charge in [0, 0.05) is 31.6 Å². The fraction of sp³-hybridized carbons (Fsp3) is 0.429. The molecule has 6 heteroatoms. The third-order valence-corrected chi connectivity index (χ3v) is 3.57. The second-order valence-corrected chi connectivity index (χ2v) is 4.74. The van der Waals surface area contributed by atoms with Crippen LogP contribution >= 0.6 is 0 Å². The van der Waals surface area contributed by atoms with E-state index < -0.39 is 0 Å². The molecule has 0 spiro atoms. The number of rotatable bonds is 2. The molecule has 104 valence electrons. The smallest absolute Gasteiger partial charge is 0.272 e. The summed E-state index contributed by atoms with van der Waals surface area (Å²) in [5.41, 5.74) is 1.52. The zero-order valence-electron chi connectivity index (χ0n) is 11.3. The van der Waals surface area contributed by atoms with Gasteiger partial charge in [-0.25, -0.2) is 4.98 Å². The molecule has 1 aliphatic rings. The van der Waals surface area contributed by atoms with Gasteiger partial charge in [0.1, 0.15) is 11.8 Å². The summed E-state index contributed by atoms with van der Waals surface area (Å²) in [7, 11) is 0. The topological polar surface area (TPSA) is 89.6 Å². The highest BCUT2D eigenvalue weighted by atomic mass is 16.4. The summed E-state index contributed by atoms with van der Waals surface area (Å²) in [5, 5.41) is 21.0. The predicted octanol–water partition coefficient (Wildman–Crippen LogP) is 1.66. The van der Waals surface area contributed by atoms with Crippen LogP contribution in [0.2, 0.25) is 0 Å². The summed E-state index contributed by atoms with van der Waals surface area (Å²) < 4.78 is 0. The molecule has 1 aliphatic heterocycles. The van der Waals surface area contributed by atoms with Crippen LogP contribution in [0.1, 0.15) is 35.8 Å². The standard InChI is InChI=1S/C14H16N4O2/c1-2-11-9-18(6-5-12(11)17-20)14(19)13-4-3-10(7-15)8-16-13/h3-4,8,11,20H,2,5-6,9H2,1H3/b17-12+. The van der Waals surface area contributed by atoms with Crippen LogP contribution in [0.25, 0.3) is 0 Å². The van der Waals surface area contributed by atoms with Gasteiger partial charge in [0.15, 0.2) is 0 Å². The molecule has 0 aromatic carbocycles. The molecular weight excluding hydrogens is 256 g/mol. The van der Waals surface area contributed by atoms with Crippen molar-refractivity contribution in [1.29, 1.82) is 5.26 Å². The van der Waals surface area contributed by atoms with Gasteiger partial charge >= 0.3 is 0 Å². The number of carbonyl (C=O) groups is 1. The molecule has 0 bridgehead atoms. The molecule has 0 saturated carbocycles. The van der Waals surface area contributed by atoms with E-state index in [0.29, 0.717) is 30.8 Å². The Morgan fingerprint density at radius 1 is 1.65 bits per heavy atom. The highest BCUT2D eigenvalue weighted by Crippen LogP contribution is 2.19. The maximum atomic E-state index is 12.3. The van der Waals surface area contributed by atoms with Gasteiger partial charge < -0.3 is 10.1 Å². The van der Waals surface area contributed by atoms with E-state index in [4.69, 9.17) is 10.5 Å². The number of amides is 1. The second kappa shape index (κ2) is 6.15. The van der Waals surface area contributed by atoms with E-state index in [1.807, 2.05) is 13.0 Å². The summed E-state index contributed by atoms with van der Waals surface area (Å²) in [4.78, 5) is 18.1.